The predicted molar refractivity (Wildman–Crippen MR) is 213 cm³/mol. The van der Waals surface area contributed by atoms with Gasteiger partial charge in [-0.05, 0) is 44.9 Å². The number of allylic oxidation sites excluding steroid dienone is 5. The van der Waals surface area contributed by atoms with Crippen molar-refractivity contribution in [3.63, 3.8) is 0 Å². The Morgan fingerprint density at radius 1 is 0.510 bits per heavy atom. The molecule has 3 atom stereocenters. The monoisotopic (exact) mass is 690 g/mol. The van der Waals surface area contributed by atoms with Crippen LogP contribution in [-0.4, -0.2) is 46.1 Å². The molecule has 0 fully saturated rings. The van der Waals surface area contributed by atoms with E-state index in [1.807, 2.05) is 6.08 Å². The van der Waals surface area contributed by atoms with Crippen LogP contribution in [0.25, 0.3) is 0 Å². The zero-order valence-electron chi connectivity index (χ0n) is 32.6. The second-order valence-corrected chi connectivity index (χ2v) is 14.6. The minimum absolute atomic E-state index is 0.00379. The molecule has 288 valence electrons. The Hall–Kier alpha value is -1.43. The SMILES string of the molecule is CCCCCCCCCCCCCCCC/C=C/CC/C=C/CC/C=C/C(O)C(CO)NC(=O)CC(O)CCCCCCCCCCCC. The summed E-state index contributed by atoms with van der Waals surface area (Å²) in [5.41, 5.74) is 0. The Labute approximate surface area is 304 Å². The van der Waals surface area contributed by atoms with Gasteiger partial charge in [0.1, 0.15) is 0 Å². The van der Waals surface area contributed by atoms with Gasteiger partial charge in [0.2, 0.25) is 5.91 Å². The lowest BCUT2D eigenvalue weighted by molar-refractivity contribution is -0.124. The van der Waals surface area contributed by atoms with Gasteiger partial charge in [0.15, 0.2) is 0 Å². The molecule has 0 rings (SSSR count). The fraction of sp³-hybridized carbons (Fsp3) is 0.841. The first-order valence-electron chi connectivity index (χ1n) is 21.3. The van der Waals surface area contributed by atoms with Crippen molar-refractivity contribution in [1.29, 1.82) is 0 Å². The third kappa shape index (κ3) is 36.2. The minimum atomic E-state index is -0.957. The summed E-state index contributed by atoms with van der Waals surface area (Å²) in [6, 6.07) is -0.764. The maximum atomic E-state index is 12.4. The summed E-state index contributed by atoms with van der Waals surface area (Å²) >= 11 is 0. The van der Waals surface area contributed by atoms with Gasteiger partial charge in [-0.15, -0.1) is 0 Å². The lowest BCUT2D eigenvalue weighted by Gasteiger charge is -2.21. The molecule has 0 bridgehead atoms. The van der Waals surface area contributed by atoms with Crippen molar-refractivity contribution in [2.75, 3.05) is 6.61 Å². The van der Waals surface area contributed by atoms with Crippen molar-refractivity contribution in [2.45, 2.75) is 231 Å². The zero-order chi connectivity index (χ0) is 35.9. The lowest BCUT2D eigenvalue weighted by atomic mass is 10.0. The normalized spacial score (nSPS) is 14.0. The molecule has 4 N–H and O–H groups in total. The van der Waals surface area contributed by atoms with Crippen LogP contribution in [0.1, 0.15) is 213 Å². The molecule has 0 radical (unpaired) electrons. The molecule has 5 heteroatoms. The predicted octanol–water partition coefficient (Wildman–Crippen LogP) is 12.0. The summed E-state index contributed by atoms with van der Waals surface area (Å²) in [7, 11) is 0. The number of amides is 1. The Kier molecular flexibility index (Phi) is 38.2. The fourth-order valence-electron chi connectivity index (χ4n) is 6.37. The van der Waals surface area contributed by atoms with Crippen LogP contribution in [0, 0.1) is 0 Å². The first kappa shape index (κ1) is 47.6. The van der Waals surface area contributed by atoms with Gasteiger partial charge in [-0.3, -0.25) is 4.79 Å². The van der Waals surface area contributed by atoms with Gasteiger partial charge in [-0.25, -0.2) is 0 Å². The highest BCUT2D eigenvalue weighted by molar-refractivity contribution is 5.76. The Morgan fingerprint density at radius 3 is 1.31 bits per heavy atom. The Bertz CT molecular complexity index is 764. The lowest BCUT2D eigenvalue weighted by Crippen LogP contribution is -2.45. The Balaban J connectivity index is 3.72. The van der Waals surface area contributed by atoms with Crippen LogP contribution in [0.3, 0.4) is 0 Å². The van der Waals surface area contributed by atoms with Crippen LogP contribution < -0.4 is 5.32 Å². The zero-order valence-corrected chi connectivity index (χ0v) is 32.6. The first-order valence-corrected chi connectivity index (χ1v) is 21.3. The molecule has 0 saturated heterocycles. The van der Waals surface area contributed by atoms with E-state index in [1.54, 1.807) is 6.08 Å². The summed E-state index contributed by atoms with van der Waals surface area (Å²) in [4.78, 5) is 12.4. The molecule has 1 amide bonds. The van der Waals surface area contributed by atoms with E-state index in [0.717, 1.165) is 38.5 Å². The summed E-state index contributed by atoms with van der Waals surface area (Å²) in [5.74, 6) is -0.331. The standard InChI is InChI=1S/C44H83NO4/c1-3-5-7-9-11-13-15-16-17-18-19-20-21-22-23-24-25-26-27-28-30-32-34-36-38-43(48)42(40-46)45-44(49)39-41(47)37-35-33-31-29-14-12-10-8-6-4-2/h24-25,28,30,36,38,41-43,46-48H,3-23,26-27,29,31-35,37,39-40H2,1-2H3,(H,45,49)/b25-24+,30-28+,38-36+. The molecule has 0 aromatic heterocycles. The van der Waals surface area contributed by atoms with E-state index < -0.39 is 18.2 Å². The topological polar surface area (TPSA) is 89.8 Å². The summed E-state index contributed by atoms with van der Waals surface area (Å²) in [5, 5.41) is 33.1. The molecule has 5 nitrogen and oxygen atoms in total. The first-order chi connectivity index (χ1) is 24.0. The summed E-state index contributed by atoms with van der Waals surface area (Å²) < 4.78 is 0. The molecule has 0 aliphatic heterocycles. The smallest absolute Gasteiger partial charge is 0.222 e. The van der Waals surface area contributed by atoms with Gasteiger partial charge in [0.05, 0.1) is 31.3 Å². The molecule has 0 aromatic carbocycles. The molecule has 0 spiro atoms. The van der Waals surface area contributed by atoms with Gasteiger partial charge in [0.25, 0.3) is 0 Å². The quantitative estimate of drug-likeness (QED) is 0.0384. The summed E-state index contributed by atoms with van der Waals surface area (Å²) in [6.07, 6.45) is 48.7. The average molecular weight is 690 g/mol. The highest BCUT2D eigenvalue weighted by atomic mass is 16.3. The number of aliphatic hydroxyl groups excluding tert-OH is 3. The van der Waals surface area contributed by atoms with E-state index in [9.17, 15) is 20.1 Å². The van der Waals surface area contributed by atoms with Gasteiger partial charge in [-0.2, -0.15) is 0 Å². The van der Waals surface area contributed by atoms with Crippen molar-refractivity contribution in [3.8, 4) is 0 Å². The van der Waals surface area contributed by atoms with Crippen molar-refractivity contribution in [2.24, 2.45) is 0 Å². The highest BCUT2D eigenvalue weighted by Gasteiger charge is 2.20. The van der Waals surface area contributed by atoms with Gasteiger partial charge < -0.3 is 20.6 Å². The number of rotatable bonds is 38. The number of hydrogen-bond donors (Lipinski definition) is 4. The van der Waals surface area contributed by atoms with Gasteiger partial charge in [0, 0.05) is 0 Å². The molecular weight excluding hydrogens is 606 g/mol. The third-order valence-electron chi connectivity index (χ3n) is 9.66. The van der Waals surface area contributed by atoms with Crippen LogP contribution in [0.5, 0.6) is 0 Å². The number of hydrogen-bond acceptors (Lipinski definition) is 4. The summed E-state index contributed by atoms with van der Waals surface area (Å²) in [6.45, 7) is 4.18. The second kappa shape index (κ2) is 39.4. The molecule has 0 heterocycles. The van der Waals surface area contributed by atoms with E-state index in [1.165, 1.54) is 148 Å². The van der Waals surface area contributed by atoms with E-state index in [2.05, 4.69) is 43.5 Å². The molecule has 49 heavy (non-hydrogen) atoms. The largest absolute Gasteiger partial charge is 0.394 e. The number of unbranched alkanes of at least 4 members (excludes halogenated alkanes) is 25. The van der Waals surface area contributed by atoms with E-state index >= 15 is 0 Å². The van der Waals surface area contributed by atoms with Crippen LogP contribution in [0.4, 0.5) is 0 Å². The molecular formula is C44H83NO4. The molecule has 0 saturated carbocycles. The average Bonchev–Trinajstić information content (AvgIpc) is 3.09. The maximum absolute atomic E-state index is 12.4. The molecule has 0 aliphatic carbocycles. The third-order valence-corrected chi connectivity index (χ3v) is 9.66. The molecule has 0 aromatic rings. The van der Waals surface area contributed by atoms with Crippen LogP contribution >= 0.6 is 0 Å². The number of carbonyl (C=O) groups excluding carboxylic acids is 1. The van der Waals surface area contributed by atoms with Crippen molar-refractivity contribution in [3.05, 3.63) is 36.5 Å². The van der Waals surface area contributed by atoms with Crippen molar-refractivity contribution in [1.82, 2.24) is 5.32 Å². The number of nitrogens with one attached hydrogen (secondary N) is 1. The van der Waals surface area contributed by atoms with E-state index in [4.69, 9.17) is 0 Å². The second-order valence-electron chi connectivity index (χ2n) is 14.6. The molecule has 3 unspecified atom stereocenters. The molecule has 0 aliphatic rings. The Morgan fingerprint density at radius 2 is 0.878 bits per heavy atom. The van der Waals surface area contributed by atoms with Crippen LogP contribution in [0.15, 0.2) is 36.5 Å². The number of carbonyl (C=O) groups is 1. The van der Waals surface area contributed by atoms with Crippen LogP contribution in [-0.2, 0) is 4.79 Å². The van der Waals surface area contributed by atoms with Gasteiger partial charge in [-0.1, -0.05) is 198 Å². The minimum Gasteiger partial charge on any atom is -0.394 e. The van der Waals surface area contributed by atoms with Crippen LogP contribution in [0.2, 0.25) is 0 Å². The highest BCUT2D eigenvalue weighted by Crippen LogP contribution is 2.15. The van der Waals surface area contributed by atoms with Gasteiger partial charge >= 0.3 is 0 Å². The van der Waals surface area contributed by atoms with Crippen molar-refractivity contribution >= 4 is 5.91 Å². The van der Waals surface area contributed by atoms with E-state index in [0.29, 0.717) is 6.42 Å². The number of aliphatic hydroxyl groups is 3. The fourth-order valence-corrected chi connectivity index (χ4v) is 6.37. The van der Waals surface area contributed by atoms with E-state index in [-0.39, 0.29) is 18.9 Å². The maximum Gasteiger partial charge on any atom is 0.222 e. The van der Waals surface area contributed by atoms with Crippen molar-refractivity contribution < 1.29 is 20.1 Å².